The van der Waals surface area contributed by atoms with E-state index in [0.717, 1.165) is 15.4 Å². The molecule has 0 amide bonds. The maximum atomic E-state index is 8.87. The minimum atomic E-state index is 0.274. The van der Waals surface area contributed by atoms with E-state index in [-0.39, 0.29) is 6.42 Å². The van der Waals surface area contributed by atoms with Crippen LogP contribution < -0.4 is 0 Å². The maximum absolute atomic E-state index is 8.87. The minimum absolute atomic E-state index is 0.274. The fraction of sp³-hybridized carbons (Fsp3) is 0.0714. The van der Waals surface area contributed by atoms with Gasteiger partial charge in [0.25, 0.3) is 0 Å². The zero-order valence-corrected chi connectivity index (χ0v) is 12.7. The minimum Gasteiger partial charge on any atom is -0.198 e. The van der Waals surface area contributed by atoms with E-state index in [0.29, 0.717) is 15.1 Å². The lowest BCUT2D eigenvalue weighted by atomic mass is 10.2. The van der Waals surface area contributed by atoms with Gasteiger partial charge < -0.3 is 0 Å². The third-order valence-corrected chi connectivity index (χ3v) is 4.46. The third-order valence-electron chi connectivity index (χ3n) is 2.39. The van der Waals surface area contributed by atoms with E-state index in [9.17, 15) is 0 Å². The van der Waals surface area contributed by atoms with Crippen LogP contribution in [0.15, 0.2) is 46.2 Å². The highest BCUT2D eigenvalue weighted by Crippen LogP contribution is 2.38. The second-order valence-corrected chi connectivity index (χ2v) is 6.13. The number of halogens is 3. The molecule has 19 heavy (non-hydrogen) atoms. The molecule has 96 valence electrons. The fourth-order valence-electron chi connectivity index (χ4n) is 1.56. The van der Waals surface area contributed by atoms with Crippen molar-refractivity contribution < 1.29 is 0 Å². The van der Waals surface area contributed by atoms with Crippen LogP contribution in [0.25, 0.3) is 0 Å². The summed E-state index contributed by atoms with van der Waals surface area (Å²) in [6, 6.07) is 13.0. The molecule has 0 atom stereocenters. The first-order valence-corrected chi connectivity index (χ1v) is 7.33. The molecule has 0 fully saturated rings. The van der Waals surface area contributed by atoms with Gasteiger partial charge in [-0.25, -0.2) is 0 Å². The lowest BCUT2D eigenvalue weighted by Crippen LogP contribution is -1.88. The van der Waals surface area contributed by atoms with Gasteiger partial charge in [0.05, 0.1) is 17.5 Å². The Balaban J connectivity index is 2.38. The van der Waals surface area contributed by atoms with E-state index >= 15 is 0 Å². The van der Waals surface area contributed by atoms with Crippen LogP contribution >= 0.6 is 46.6 Å². The summed E-state index contributed by atoms with van der Waals surface area (Å²) in [4.78, 5) is 1.86. The van der Waals surface area contributed by atoms with Gasteiger partial charge in [0, 0.05) is 19.8 Å². The molecule has 2 aromatic rings. The van der Waals surface area contributed by atoms with Crippen molar-refractivity contribution >= 4 is 46.6 Å². The summed E-state index contributed by atoms with van der Waals surface area (Å²) < 4.78 is 0. The lowest BCUT2D eigenvalue weighted by molar-refractivity contribution is 1.18. The first-order chi connectivity index (χ1) is 9.10. The van der Waals surface area contributed by atoms with Crippen LogP contribution in [-0.4, -0.2) is 0 Å². The molecule has 0 radical (unpaired) electrons. The summed E-state index contributed by atoms with van der Waals surface area (Å²) in [5, 5.41) is 10.6. The second kappa shape index (κ2) is 6.54. The first-order valence-electron chi connectivity index (χ1n) is 5.38. The fourth-order valence-corrected chi connectivity index (χ4v) is 3.27. The van der Waals surface area contributed by atoms with Crippen LogP contribution in [0.5, 0.6) is 0 Å². The second-order valence-electron chi connectivity index (χ2n) is 3.77. The molecule has 0 bridgehead atoms. The predicted molar refractivity (Wildman–Crippen MR) is 81.4 cm³/mol. The molecule has 0 saturated heterocycles. The number of nitriles is 1. The zero-order valence-electron chi connectivity index (χ0n) is 9.66. The van der Waals surface area contributed by atoms with Gasteiger partial charge in [-0.2, -0.15) is 5.26 Å². The molecule has 2 rings (SSSR count). The van der Waals surface area contributed by atoms with E-state index < -0.39 is 0 Å². The molecule has 0 aromatic heterocycles. The summed E-state index contributed by atoms with van der Waals surface area (Å²) in [6.45, 7) is 0. The molecule has 0 spiro atoms. The average molecular weight is 329 g/mol. The molecule has 1 nitrogen and oxygen atoms in total. The molecule has 0 N–H and O–H groups in total. The van der Waals surface area contributed by atoms with Gasteiger partial charge in [-0.1, -0.05) is 46.6 Å². The first kappa shape index (κ1) is 14.6. The highest BCUT2D eigenvalue weighted by molar-refractivity contribution is 7.99. The highest BCUT2D eigenvalue weighted by atomic mass is 35.5. The van der Waals surface area contributed by atoms with E-state index in [1.165, 1.54) is 11.8 Å². The Hall–Kier alpha value is -0.850. The quantitative estimate of drug-likeness (QED) is 0.704. The number of nitrogens with zero attached hydrogens (tertiary/aromatic N) is 1. The van der Waals surface area contributed by atoms with Crippen LogP contribution in [0.4, 0.5) is 0 Å². The van der Waals surface area contributed by atoms with Crippen LogP contribution in [0.3, 0.4) is 0 Å². The van der Waals surface area contributed by atoms with Gasteiger partial charge in [-0.3, -0.25) is 0 Å². The van der Waals surface area contributed by atoms with E-state index in [1.54, 1.807) is 12.1 Å². The van der Waals surface area contributed by atoms with Crippen molar-refractivity contribution in [1.82, 2.24) is 0 Å². The summed E-state index contributed by atoms with van der Waals surface area (Å²) in [6.07, 6.45) is 0.274. The van der Waals surface area contributed by atoms with Gasteiger partial charge >= 0.3 is 0 Å². The molecule has 2 aromatic carbocycles. The smallest absolute Gasteiger partial charge is 0.0670 e. The monoisotopic (exact) mass is 327 g/mol. The number of hydrogen-bond acceptors (Lipinski definition) is 2. The molecule has 0 aliphatic rings. The van der Waals surface area contributed by atoms with Crippen molar-refractivity contribution in [1.29, 1.82) is 5.26 Å². The van der Waals surface area contributed by atoms with Crippen LogP contribution in [0, 0.1) is 11.3 Å². The Bertz CT molecular complexity index is 632. The standard InChI is InChI=1S/C14H8Cl3NS/c15-10-1-3-12(4-2-10)19-14-9(5-6-18)7-11(16)8-13(14)17/h1-4,7-8H,5H2. The molecule has 0 unspecified atom stereocenters. The summed E-state index contributed by atoms with van der Waals surface area (Å²) in [5.41, 5.74) is 0.833. The lowest BCUT2D eigenvalue weighted by Gasteiger charge is -2.10. The van der Waals surface area contributed by atoms with Crippen molar-refractivity contribution in [3.8, 4) is 6.07 Å². The Kier molecular flexibility index (Phi) is 5.01. The Morgan fingerprint density at radius 2 is 1.68 bits per heavy atom. The number of benzene rings is 2. The largest absolute Gasteiger partial charge is 0.198 e. The Labute approximate surface area is 131 Å². The van der Waals surface area contributed by atoms with Crippen molar-refractivity contribution in [2.45, 2.75) is 16.2 Å². The van der Waals surface area contributed by atoms with Crippen LogP contribution in [0.2, 0.25) is 15.1 Å². The van der Waals surface area contributed by atoms with Crippen LogP contribution in [-0.2, 0) is 6.42 Å². The van der Waals surface area contributed by atoms with Crippen molar-refractivity contribution in [2.75, 3.05) is 0 Å². The zero-order chi connectivity index (χ0) is 13.8. The van der Waals surface area contributed by atoms with Gasteiger partial charge in [0.1, 0.15) is 0 Å². The van der Waals surface area contributed by atoms with E-state index in [1.807, 2.05) is 24.3 Å². The Morgan fingerprint density at radius 3 is 2.32 bits per heavy atom. The van der Waals surface area contributed by atoms with Gasteiger partial charge in [0.2, 0.25) is 0 Å². The Morgan fingerprint density at radius 1 is 1.00 bits per heavy atom. The molecular weight excluding hydrogens is 321 g/mol. The van der Waals surface area contributed by atoms with E-state index in [4.69, 9.17) is 40.1 Å². The third kappa shape index (κ3) is 3.81. The SMILES string of the molecule is N#CCc1cc(Cl)cc(Cl)c1Sc1ccc(Cl)cc1. The predicted octanol–water partition coefficient (Wildman–Crippen LogP) is 5.86. The molecule has 0 heterocycles. The van der Waals surface area contributed by atoms with Crippen LogP contribution in [0.1, 0.15) is 5.56 Å². The van der Waals surface area contributed by atoms with Crippen molar-refractivity contribution in [3.63, 3.8) is 0 Å². The average Bonchev–Trinajstić information content (AvgIpc) is 2.36. The van der Waals surface area contributed by atoms with Crippen molar-refractivity contribution in [3.05, 3.63) is 57.0 Å². The molecule has 5 heteroatoms. The van der Waals surface area contributed by atoms with E-state index in [2.05, 4.69) is 6.07 Å². The number of hydrogen-bond donors (Lipinski definition) is 0. The normalized spacial score (nSPS) is 10.2. The van der Waals surface area contributed by atoms with Gasteiger partial charge in [0.15, 0.2) is 0 Å². The van der Waals surface area contributed by atoms with Crippen molar-refractivity contribution in [2.24, 2.45) is 0 Å². The molecule has 0 saturated carbocycles. The maximum Gasteiger partial charge on any atom is 0.0670 e. The summed E-state index contributed by atoms with van der Waals surface area (Å²) >= 11 is 19.5. The number of rotatable bonds is 3. The van der Waals surface area contributed by atoms with Gasteiger partial charge in [-0.15, -0.1) is 0 Å². The molecule has 0 aliphatic heterocycles. The highest BCUT2D eigenvalue weighted by Gasteiger charge is 2.11. The van der Waals surface area contributed by atoms with Gasteiger partial charge in [-0.05, 0) is 42.0 Å². The summed E-state index contributed by atoms with van der Waals surface area (Å²) in [7, 11) is 0. The summed E-state index contributed by atoms with van der Waals surface area (Å²) in [5.74, 6) is 0. The molecule has 0 aliphatic carbocycles. The topological polar surface area (TPSA) is 23.8 Å². The molecular formula is C14H8Cl3NS.